The van der Waals surface area contributed by atoms with Crippen LogP contribution < -0.4 is 0 Å². The molecule has 0 heterocycles. The third-order valence-corrected chi connectivity index (χ3v) is 1.81. The maximum absolute atomic E-state index is 11.3. The third kappa shape index (κ3) is 3.43. The van der Waals surface area contributed by atoms with E-state index in [0.29, 0.717) is 0 Å². The monoisotopic (exact) mass is 226 g/mol. The zero-order valence-electron chi connectivity index (χ0n) is 9.10. The number of carbonyl (C=O) groups excluding carboxylic acids is 1. The topological polar surface area (TPSA) is 87.0 Å². The fourth-order valence-corrected chi connectivity index (χ4v) is 1.31. The summed E-state index contributed by atoms with van der Waals surface area (Å²) in [6.45, 7) is 3.41. The lowest BCUT2D eigenvalue weighted by molar-refractivity contribution is -0.186. The highest BCUT2D eigenvalue weighted by molar-refractivity contribution is 5.83. The maximum atomic E-state index is 11.3. The van der Waals surface area contributed by atoms with Crippen molar-refractivity contribution in [3.8, 4) is 0 Å². The first-order chi connectivity index (χ1) is 7.31. The zero-order valence-corrected chi connectivity index (χ0v) is 9.10. The Morgan fingerprint density at radius 3 is 2.62 bits per heavy atom. The second-order valence-corrected chi connectivity index (χ2v) is 3.87. The Morgan fingerprint density at radius 1 is 1.50 bits per heavy atom. The van der Waals surface area contributed by atoms with Crippen LogP contribution in [-0.2, 0) is 9.53 Å². The van der Waals surface area contributed by atoms with Gasteiger partial charge in [0.25, 0.3) is 0 Å². The van der Waals surface area contributed by atoms with Gasteiger partial charge in [-0.05, 0) is 13.8 Å². The number of aliphatic hydroxyl groups is 3. The van der Waals surface area contributed by atoms with Crippen LogP contribution in [0.2, 0.25) is 0 Å². The molecule has 5 nitrogen and oxygen atoms in total. The number of rotatable bonds is 2. The van der Waals surface area contributed by atoms with Gasteiger partial charge in [-0.3, -0.25) is 0 Å². The van der Waals surface area contributed by atoms with Crippen LogP contribution in [0.1, 0.15) is 20.3 Å². The van der Waals surface area contributed by atoms with Crippen LogP contribution in [0, 0.1) is 0 Å². The SMILES string of the molecule is CC(C)=CC(=O)OC1(O)C=C(O)C=C(O)C1. The summed E-state index contributed by atoms with van der Waals surface area (Å²) >= 11 is 0. The van der Waals surface area contributed by atoms with Crippen molar-refractivity contribution < 1.29 is 24.9 Å². The van der Waals surface area contributed by atoms with Crippen molar-refractivity contribution in [1.82, 2.24) is 0 Å². The van der Waals surface area contributed by atoms with Gasteiger partial charge in [0.05, 0.1) is 6.42 Å². The highest BCUT2D eigenvalue weighted by atomic mass is 16.7. The van der Waals surface area contributed by atoms with Crippen LogP contribution in [0.25, 0.3) is 0 Å². The van der Waals surface area contributed by atoms with Crippen LogP contribution in [0.4, 0.5) is 0 Å². The molecule has 1 atom stereocenters. The van der Waals surface area contributed by atoms with Gasteiger partial charge in [-0.1, -0.05) is 5.57 Å². The number of carbonyl (C=O) groups is 1. The van der Waals surface area contributed by atoms with Crippen molar-refractivity contribution in [2.75, 3.05) is 0 Å². The first kappa shape index (κ1) is 12.3. The molecule has 1 aliphatic carbocycles. The van der Waals surface area contributed by atoms with Crippen molar-refractivity contribution in [3.05, 3.63) is 35.3 Å². The van der Waals surface area contributed by atoms with Gasteiger partial charge in [0.1, 0.15) is 11.5 Å². The lowest BCUT2D eigenvalue weighted by Gasteiger charge is -2.26. The van der Waals surface area contributed by atoms with E-state index < -0.39 is 11.8 Å². The van der Waals surface area contributed by atoms with E-state index in [1.807, 2.05) is 0 Å². The van der Waals surface area contributed by atoms with Gasteiger partial charge in [0, 0.05) is 18.2 Å². The molecule has 1 rings (SSSR count). The fraction of sp³-hybridized carbons (Fsp3) is 0.364. The average molecular weight is 226 g/mol. The van der Waals surface area contributed by atoms with Gasteiger partial charge in [-0.15, -0.1) is 0 Å². The fourth-order valence-electron chi connectivity index (χ4n) is 1.31. The molecule has 0 bridgehead atoms. The molecule has 0 radical (unpaired) electrons. The molecule has 1 unspecified atom stereocenters. The van der Waals surface area contributed by atoms with Crippen molar-refractivity contribution in [2.24, 2.45) is 0 Å². The molecule has 0 aliphatic heterocycles. The molecule has 0 fully saturated rings. The molecule has 0 amide bonds. The second-order valence-electron chi connectivity index (χ2n) is 3.87. The van der Waals surface area contributed by atoms with E-state index in [-0.39, 0.29) is 17.9 Å². The largest absolute Gasteiger partial charge is 0.512 e. The van der Waals surface area contributed by atoms with Crippen molar-refractivity contribution in [1.29, 1.82) is 0 Å². The Morgan fingerprint density at radius 2 is 2.12 bits per heavy atom. The zero-order chi connectivity index (χ0) is 12.3. The van der Waals surface area contributed by atoms with Crippen LogP contribution in [-0.4, -0.2) is 27.1 Å². The maximum Gasteiger partial charge on any atom is 0.333 e. The molecule has 0 saturated carbocycles. The first-order valence-electron chi connectivity index (χ1n) is 4.72. The van der Waals surface area contributed by atoms with E-state index in [2.05, 4.69) is 0 Å². The number of ether oxygens (including phenoxy) is 1. The molecular formula is C11H14O5. The number of esters is 1. The summed E-state index contributed by atoms with van der Waals surface area (Å²) < 4.78 is 4.73. The van der Waals surface area contributed by atoms with E-state index in [0.717, 1.165) is 17.7 Å². The number of hydrogen-bond acceptors (Lipinski definition) is 5. The smallest absolute Gasteiger partial charge is 0.333 e. The molecule has 16 heavy (non-hydrogen) atoms. The highest BCUT2D eigenvalue weighted by Gasteiger charge is 2.33. The van der Waals surface area contributed by atoms with E-state index in [4.69, 9.17) is 9.84 Å². The van der Waals surface area contributed by atoms with Gasteiger partial charge in [-0.25, -0.2) is 4.79 Å². The number of aliphatic hydroxyl groups excluding tert-OH is 2. The van der Waals surface area contributed by atoms with Gasteiger partial charge < -0.3 is 20.1 Å². The standard InChI is InChI=1S/C11H14O5/c1-7(2)3-10(14)16-11(15)5-8(12)4-9(13)6-11/h3-5,12-13,15H,6H2,1-2H3. The van der Waals surface area contributed by atoms with E-state index >= 15 is 0 Å². The summed E-state index contributed by atoms with van der Waals surface area (Å²) in [5.74, 6) is -3.34. The molecule has 88 valence electrons. The Kier molecular flexibility index (Phi) is 3.39. The second kappa shape index (κ2) is 4.40. The highest BCUT2D eigenvalue weighted by Crippen LogP contribution is 2.25. The summed E-state index contributed by atoms with van der Waals surface area (Å²) in [6.07, 6.45) is 2.96. The average Bonchev–Trinajstić information content (AvgIpc) is 1.95. The molecule has 5 heteroatoms. The lowest BCUT2D eigenvalue weighted by Crippen LogP contribution is -2.34. The number of hydrogen-bond donors (Lipinski definition) is 3. The third-order valence-electron chi connectivity index (χ3n) is 1.81. The molecule has 3 N–H and O–H groups in total. The summed E-state index contributed by atoms with van der Waals surface area (Å²) in [6, 6.07) is 0. The molecule has 0 aromatic heterocycles. The minimum absolute atomic E-state index is 0.257. The van der Waals surface area contributed by atoms with Gasteiger partial charge in [-0.2, -0.15) is 0 Å². The first-order valence-corrected chi connectivity index (χ1v) is 4.72. The van der Waals surface area contributed by atoms with Gasteiger partial charge >= 0.3 is 5.97 Å². The van der Waals surface area contributed by atoms with Gasteiger partial charge in [0.15, 0.2) is 0 Å². The van der Waals surface area contributed by atoms with Crippen LogP contribution in [0.5, 0.6) is 0 Å². The predicted octanol–water partition coefficient (Wildman–Crippen LogP) is 1.47. The number of allylic oxidation sites excluding steroid dienone is 2. The molecule has 0 spiro atoms. The van der Waals surface area contributed by atoms with Gasteiger partial charge in [0.2, 0.25) is 5.79 Å². The molecule has 0 saturated heterocycles. The summed E-state index contributed by atoms with van der Waals surface area (Å²) in [5.41, 5.74) is 0.720. The summed E-state index contributed by atoms with van der Waals surface area (Å²) in [7, 11) is 0. The quantitative estimate of drug-likeness (QED) is 0.377. The molecule has 0 aromatic rings. The Labute approximate surface area is 93.0 Å². The van der Waals surface area contributed by atoms with E-state index in [1.54, 1.807) is 13.8 Å². The van der Waals surface area contributed by atoms with Crippen molar-refractivity contribution in [2.45, 2.75) is 26.1 Å². The van der Waals surface area contributed by atoms with Crippen LogP contribution >= 0.6 is 0 Å². The van der Waals surface area contributed by atoms with Crippen molar-refractivity contribution in [3.63, 3.8) is 0 Å². The summed E-state index contributed by atoms with van der Waals surface area (Å²) in [5, 5.41) is 28.2. The predicted molar refractivity (Wildman–Crippen MR) is 56.5 cm³/mol. The van der Waals surface area contributed by atoms with Crippen LogP contribution in [0.3, 0.4) is 0 Å². The summed E-state index contributed by atoms with van der Waals surface area (Å²) in [4.78, 5) is 11.3. The Hall–Kier alpha value is -1.75. The minimum atomic E-state index is -1.99. The molecule has 0 aromatic carbocycles. The Bertz CT molecular complexity index is 387. The normalized spacial score (nSPS) is 24.2. The minimum Gasteiger partial charge on any atom is -0.512 e. The lowest BCUT2D eigenvalue weighted by atomic mass is 10.1. The van der Waals surface area contributed by atoms with E-state index in [9.17, 15) is 15.0 Å². The molecule has 1 aliphatic rings. The van der Waals surface area contributed by atoms with E-state index in [1.165, 1.54) is 6.08 Å². The van der Waals surface area contributed by atoms with Crippen molar-refractivity contribution >= 4 is 5.97 Å². The van der Waals surface area contributed by atoms with Crippen LogP contribution in [0.15, 0.2) is 35.3 Å². The Balaban J connectivity index is 2.78. The molecular weight excluding hydrogens is 212 g/mol.